The third kappa shape index (κ3) is 4.95. The molecular formula is C15H22OS. The minimum absolute atomic E-state index is 0.252. The predicted molar refractivity (Wildman–Crippen MR) is 77.0 cm³/mol. The standard InChI is InChI=1S/C15H22OS/c1-11(2)7-8-17-10-15(16)14-6-5-12(3)13(4)9-14/h5-6,9,11H,7-8,10H2,1-4H3. The van der Waals surface area contributed by atoms with Gasteiger partial charge in [-0.3, -0.25) is 4.79 Å². The molecule has 1 rings (SSSR count). The van der Waals surface area contributed by atoms with E-state index in [2.05, 4.69) is 27.7 Å². The third-order valence-electron chi connectivity index (χ3n) is 2.90. The molecule has 0 N–H and O–H groups in total. The first-order valence-electron chi connectivity index (χ1n) is 6.19. The van der Waals surface area contributed by atoms with Crippen LogP contribution in [0, 0.1) is 19.8 Å². The molecule has 1 aromatic carbocycles. The Balaban J connectivity index is 2.44. The zero-order chi connectivity index (χ0) is 12.8. The van der Waals surface area contributed by atoms with Gasteiger partial charge < -0.3 is 0 Å². The van der Waals surface area contributed by atoms with Gasteiger partial charge in [0.05, 0.1) is 5.75 Å². The first kappa shape index (κ1) is 14.3. The molecule has 0 aromatic heterocycles. The molecule has 0 saturated carbocycles. The summed E-state index contributed by atoms with van der Waals surface area (Å²) in [5, 5.41) is 0. The van der Waals surface area contributed by atoms with Crippen LogP contribution in [0.15, 0.2) is 18.2 Å². The van der Waals surface area contributed by atoms with Crippen molar-refractivity contribution >= 4 is 17.5 Å². The summed E-state index contributed by atoms with van der Waals surface area (Å²) < 4.78 is 0. The number of carbonyl (C=O) groups is 1. The first-order valence-corrected chi connectivity index (χ1v) is 7.34. The molecule has 0 aliphatic heterocycles. The largest absolute Gasteiger partial charge is 0.293 e. The van der Waals surface area contributed by atoms with E-state index in [1.807, 2.05) is 18.2 Å². The Morgan fingerprint density at radius 2 is 1.94 bits per heavy atom. The summed E-state index contributed by atoms with van der Waals surface area (Å²) in [5.41, 5.74) is 3.29. The van der Waals surface area contributed by atoms with Crippen molar-refractivity contribution in [1.82, 2.24) is 0 Å². The maximum absolute atomic E-state index is 11.9. The molecule has 0 heterocycles. The van der Waals surface area contributed by atoms with Crippen LogP contribution in [-0.4, -0.2) is 17.3 Å². The lowest BCUT2D eigenvalue weighted by Crippen LogP contribution is -2.04. The molecule has 17 heavy (non-hydrogen) atoms. The highest BCUT2D eigenvalue weighted by molar-refractivity contribution is 7.99. The summed E-state index contributed by atoms with van der Waals surface area (Å²) in [4.78, 5) is 11.9. The van der Waals surface area contributed by atoms with Gasteiger partial charge in [-0.1, -0.05) is 26.0 Å². The monoisotopic (exact) mass is 250 g/mol. The molecule has 0 saturated heterocycles. The minimum Gasteiger partial charge on any atom is -0.293 e. The summed E-state index contributed by atoms with van der Waals surface area (Å²) in [7, 11) is 0. The van der Waals surface area contributed by atoms with Crippen LogP contribution in [0.1, 0.15) is 41.8 Å². The van der Waals surface area contributed by atoms with Crippen LogP contribution in [0.25, 0.3) is 0 Å². The Bertz CT molecular complexity index is 383. The summed E-state index contributed by atoms with van der Waals surface area (Å²) in [6.45, 7) is 8.55. The van der Waals surface area contributed by atoms with E-state index in [1.165, 1.54) is 17.5 Å². The van der Waals surface area contributed by atoms with E-state index in [9.17, 15) is 4.79 Å². The van der Waals surface area contributed by atoms with Crippen LogP contribution >= 0.6 is 11.8 Å². The first-order chi connectivity index (χ1) is 8.00. The summed E-state index contributed by atoms with van der Waals surface area (Å²) in [6.07, 6.45) is 1.19. The molecule has 1 aromatic rings. The van der Waals surface area contributed by atoms with Crippen molar-refractivity contribution in [3.63, 3.8) is 0 Å². The number of hydrogen-bond acceptors (Lipinski definition) is 2. The van der Waals surface area contributed by atoms with Crippen molar-refractivity contribution in [1.29, 1.82) is 0 Å². The number of Topliss-reactive ketones (excluding diaryl/α,β-unsaturated/α-hetero) is 1. The molecule has 0 fully saturated rings. The van der Waals surface area contributed by atoms with Crippen LogP contribution in [0.5, 0.6) is 0 Å². The van der Waals surface area contributed by atoms with Gasteiger partial charge >= 0.3 is 0 Å². The lowest BCUT2D eigenvalue weighted by Gasteiger charge is -2.06. The van der Waals surface area contributed by atoms with Gasteiger partial charge in [0.1, 0.15) is 0 Å². The highest BCUT2D eigenvalue weighted by atomic mass is 32.2. The average molecular weight is 250 g/mol. The third-order valence-corrected chi connectivity index (χ3v) is 3.89. The molecule has 94 valence electrons. The number of benzene rings is 1. The normalized spacial score (nSPS) is 10.9. The van der Waals surface area contributed by atoms with Gasteiger partial charge in [-0.05, 0) is 49.1 Å². The fraction of sp³-hybridized carbons (Fsp3) is 0.533. The SMILES string of the molecule is Cc1ccc(C(=O)CSCCC(C)C)cc1C. The Morgan fingerprint density at radius 3 is 2.53 bits per heavy atom. The number of aryl methyl sites for hydroxylation is 2. The Kier molecular flexibility index (Phi) is 5.76. The van der Waals surface area contributed by atoms with Crippen molar-refractivity contribution < 1.29 is 4.79 Å². The molecule has 0 spiro atoms. The highest BCUT2D eigenvalue weighted by Crippen LogP contribution is 2.14. The van der Waals surface area contributed by atoms with E-state index >= 15 is 0 Å². The Labute approximate surface area is 109 Å². The van der Waals surface area contributed by atoms with Crippen molar-refractivity contribution in [2.75, 3.05) is 11.5 Å². The molecule has 0 aliphatic carbocycles. The van der Waals surface area contributed by atoms with Crippen LogP contribution < -0.4 is 0 Å². The summed E-state index contributed by atoms with van der Waals surface area (Å²) in [6, 6.07) is 5.97. The second-order valence-corrected chi connectivity index (χ2v) is 6.06. The molecule has 0 unspecified atom stereocenters. The maximum Gasteiger partial charge on any atom is 0.172 e. The van der Waals surface area contributed by atoms with E-state index in [0.29, 0.717) is 5.75 Å². The lowest BCUT2D eigenvalue weighted by molar-refractivity contribution is 0.102. The number of carbonyl (C=O) groups excluding carboxylic acids is 1. The lowest BCUT2D eigenvalue weighted by atomic mass is 10.0. The number of thioether (sulfide) groups is 1. The van der Waals surface area contributed by atoms with Crippen LogP contribution in [0.4, 0.5) is 0 Å². The molecule has 0 radical (unpaired) electrons. The Hall–Kier alpha value is -0.760. The van der Waals surface area contributed by atoms with Gasteiger partial charge in [-0.25, -0.2) is 0 Å². The van der Waals surface area contributed by atoms with Crippen LogP contribution in [0.2, 0.25) is 0 Å². The zero-order valence-corrected chi connectivity index (χ0v) is 12.1. The number of hydrogen-bond donors (Lipinski definition) is 0. The van der Waals surface area contributed by atoms with Gasteiger partial charge in [-0.15, -0.1) is 0 Å². The molecule has 0 amide bonds. The maximum atomic E-state index is 11.9. The zero-order valence-electron chi connectivity index (χ0n) is 11.2. The van der Waals surface area contributed by atoms with Gasteiger partial charge in [0.25, 0.3) is 0 Å². The second-order valence-electron chi connectivity index (χ2n) is 4.96. The highest BCUT2D eigenvalue weighted by Gasteiger charge is 2.07. The van der Waals surface area contributed by atoms with Crippen molar-refractivity contribution in [2.24, 2.45) is 5.92 Å². The van der Waals surface area contributed by atoms with Crippen molar-refractivity contribution in [2.45, 2.75) is 34.1 Å². The molecule has 2 heteroatoms. The van der Waals surface area contributed by atoms with Crippen LogP contribution in [-0.2, 0) is 0 Å². The van der Waals surface area contributed by atoms with Gasteiger partial charge in [-0.2, -0.15) is 11.8 Å². The van der Waals surface area contributed by atoms with E-state index in [4.69, 9.17) is 0 Å². The van der Waals surface area contributed by atoms with Gasteiger partial charge in [0.15, 0.2) is 5.78 Å². The van der Waals surface area contributed by atoms with E-state index in [1.54, 1.807) is 11.8 Å². The smallest absolute Gasteiger partial charge is 0.172 e. The number of ketones is 1. The molecule has 0 aliphatic rings. The molecule has 1 nitrogen and oxygen atoms in total. The predicted octanol–water partition coefficient (Wildman–Crippen LogP) is 4.27. The van der Waals surface area contributed by atoms with Gasteiger partial charge in [0, 0.05) is 5.56 Å². The second kappa shape index (κ2) is 6.85. The topological polar surface area (TPSA) is 17.1 Å². The minimum atomic E-state index is 0.252. The van der Waals surface area contributed by atoms with Gasteiger partial charge in [0.2, 0.25) is 0 Å². The number of rotatable bonds is 6. The van der Waals surface area contributed by atoms with Crippen molar-refractivity contribution in [3.8, 4) is 0 Å². The molecular weight excluding hydrogens is 228 g/mol. The fourth-order valence-electron chi connectivity index (χ4n) is 1.48. The van der Waals surface area contributed by atoms with Crippen LogP contribution in [0.3, 0.4) is 0 Å². The molecule has 0 atom stereocenters. The quantitative estimate of drug-likeness (QED) is 0.554. The van der Waals surface area contributed by atoms with E-state index < -0.39 is 0 Å². The van der Waals surface area contributed by atoms with Crippen molar-refractivity contribution in [3.05, 3.63) is 34.9 Å². The van der Waals surface area contributed by atoms with E-state index in [-0.39, 0.29) is 5.78 Å². The van der Waals surface area contributed by atoms with E-state index in [0.717, 1.165) is 17.2 Å². The molecule has 0 bridgehead atoms. The summed E-state index contributed by atoms with van der Waals surface area (Å²) in [5.74, 6) is 2.66. The summed E-state index contributed by atoms with van der Waals surface area (Å²) >= 11 is 1.75. The fourth-order valence-corrected chi connectivity index (χ4v) is 2.62. The average Bonchev–Trinajstić information content (AvgIpc) is 2.27. The Morgan fingerprint density at radius 1 is 1.24 bits per heavy atom.